The topological polar surface area (TPSA) is 78.1 Å². The van der Waals surface area contributed by atoms with E-state index in [9.17, 15) is 4.79 Å². The molecule has 0 atom stereocenters. The summed E-state index contributed by atoms with van der Waals surface area (Å²) in [5, 5.41) is 0. The first-order valence-electron chi connectivity index (χ1n) is 5.13. The smallest absolute Gasteiger partial charge is 0.271 e. The molecule has 92 valence electrons. The number of aryl methyl sites for hydroxylation is 1. The highest BCUT2D eigenvalue weighted by Gasteiger charge is 2.13. The molecule has 0 spiro atoms. The third-order valence-corrected chi connectivity index (χ3v) is 2.66. The summed E-state index contributed by atoms with van der Waals surface area (Å²) >= 11 is 3.27. The van der Waals surface area contributed by atoms with Gasteiger partial charge in [0.2, 0.25) is 0 Å². The third kappa shape index (κ3) is 2.65. The molecule has 0 unspecified atom stereocenters. The number of hydrogen-bond donors (Lipinski definition) is 1. The Morgan fingerprint density at radius 3 is 2.83 bits per heavy atom. The van der Waals surface area contributed by atoms with Crippen LogP contribution < -0.4 is 10.5 Å². The Balaban J connectivity index is 2.42. The fraction of sp³-hybridized carbons (Fsp3) is 0.0833. The van der Waals surface area contributed by atoms with E-state index in [4.69, 9.17) is 10.5 Å². The van der Waals surface area contributed by atoms with Crippen molar-refractivity contribution in [3.63, 3.8) is 0 Å². The lowest BCUT2D eigenvalue weighted by Crippen LogP contribution is -2.14. The number of ether oxygens (including phenoxy) is 1. The van der Waals surface area contributed by atoms with Crippen molar-refractivity contribution in [2.75, 3.05) is 0 Å². The Labute approximate surface area is 112 Å². The van der Waals surface area contributed by atoms with Gasteiger partial charge in [-0.25, -0.2) is 4.98 Å². The number of carbonyl (C=O) groups is 1. The van der Waals surface area contributed by atoms with Crippen LogP contribution in [0.5, 0.6) is 11.5 Å². The van der Waals surface area contributed by atoms with Gasteiger partial charge in [-0.15, -0.1) is 0 Å². The van der Waals surface area contributed by atoms with Crippen molar-refractivity contribution >= 4 is 21.8 Å². The zero-order valence-electron chi connectivity index (χ0n) is 9.55. The molecule has 0 fully saturated rings. The number of hydrogen-bond acceptors (Lipinski definition) is 4. The van der Waals surface area contributed by atoms with Crippen molar-refractivity contribution < 1.29 is 9.53 Å². The lowest BCUT2D eigenvalue weighted by molar-refractivity contribution is 0.0993. The highest BCUT2D eigenvalue weighted by molar-refractivity contribution is 9.10. The Morgan fingerprint density at radius 2 is 2.17 bits per heavy atom. The van der Waals surface area contributed by atoms with Crippen LogP contribution in [0.15, 0.2) is 35.1 Å². The first-order valence-corrected chi connectivity index (χ1v) is 5.92. The van der Waals surface area contributed by atoms with E-state index in [1.165, 1.54) is 6.20 Å². The molecule has 0 bridgehead atoms. The largest absolute Gasteiger partial charge is 0.453 e. The van der Waals surface area contributed by atoms with Gasteiger partial charge in [0.15, 0.2) is 11.4 Å². The first-order chi connectivity index (χ1) is 8.58. The van der Waals surface area contributed by atoms with Gasteiger partial charge in [-0.2, -0.15) is 0 Å². The minimum Gasteiger partial charge on any atom is -0.453 e. The number of carbonyl (C=O) groups excluding carboxylic acids is 1. The Kier molecular flexibility index (Phi) is 3.57. The molecule has 0 saturated heterocycles. The van der Waals surface area contributed by atoms with E-state index < -0.39 is 5.91 Å². The van der Waals surface area contributed by atoms with Crippen LogP contribution in [0.4, 0.5) is 0 Å². The molecule has 5 nitrogen and oxygen atoms in total. The van der Waals surface area contributed by atoms with E-state index >= 15 is 0 Å². The van der Waals surface area contributed by atoms with Gasteiger partial charge in [-0.05, 0) is 41.1 Å². The van der Waals surface area contributed by atoms with Crippen LogP contribution in [0.3, 0.4) is 0 Å². The monoisotopic (exact) mass is 307 g/mol. The maximum absolute atomic E-state index is 11.3. The molecular formula is C12H10BrN3O2. The van der Waals surface area contributed by atoms with Gasteiger partial charge in [0.1, 0.15) is 5.75 Å². The van der Waals surface area contributed by atoms with Crippen molar-refractivity contribution in [2.45, 2.75) is 6.92 Å². The standard InChI is InChI=1S/C12H10BrN3O2/c1-7-9(3-2-4-15-7)18-10-5-8(13)6-16-11(10)12(14)17/h2-6H,1H3,(H2,14,17). The number of amides is 1. The normalized spacial score (nSPS) is 10.1. The minimum atomic E-state index is -0.640. The van der Waals surface area contributed by atoms with Crippen LogP contribution in [0.2, 0.25) is 0 Å². The molecule has 2 aromatic heterocycles. The van der Waals surface area contributed by atoms with Gasteiger partial charge >= 0.3 is 0 Å². The number of aromatic nitrogens is 2. The van der Waals surface area contributed by atoms with E-state index in [1.54, 1.807) is 24.4 Å². The summed E-state index contributed by atoms with van der Waals surface area (Å²) in [6.45, 7) is 1.81. The van der Waals surface area contributed by atoms with Crippen molar-refractivity contribution in [1.29, 1.82) is 0 Å². The number of halogens is 1. The predicted molar refractivity (Wildman–Crippen MR) is 69.5 cm³/mol. The van der Waals surface area contributed by atoms with E-state index in [0.717, 1.165) is 0 Å². The summed E-state index contributed by atoms with van der Waals surface area (Å²) in [5.41, 5.74) is 6.04. The van der Waals surface area contributed by atoms with Gasteiger partial charge in [-0.3, -0.25) is 9.78 Å². The summed E-state index contributed by atoms with van der Waals surface area (Å²) in [4.78, 5) is 19.3. The summed E-state index contributed by atoms with van der Waals surface area (Å²) in [6, 6.07) is 5.14. The predicted octanol–water partition coefficient (Wildman–Crippen LogP) is 2.44. The molecule has 0 radical (unpaired) electrons. The van der Waals surface area contributed by atoms with E-state index in [1.807, 2.05) is 6.92 Å². The molecule has 6 heteroatoms. The van der Waals surface area contributed by atoms with Gasteiger partial charge in [0, 0.05) is 16.9 Å². The molecule has 1 amide bonds. The molecular weight excluding hydrogens is 298 g/mol. The second kappa shape index (κ2) is 5.14. The van der Waals surface area contributed by atoms with Crippen LogP contribution in [-0.4, -0.2) is 15.9 Å². The van der Waals surface area contributed by atoms with E-state index in [-0.39, 0.29) is 5.69 Å². The lowest BCUT2D eigenvalue weighted by Gasteiger charge is -2.10. The number of pyridine rings is 2. The maximum atomic E-state index is 11.3. The number of rotatable bonds is 3. The van der Waals surface area contributed by atoms with Crippen LogP contribution in [0, 0.1) is 6.92 Å². The minimum absolute atomic E-state index is 0.0847. The molecule has 0 saturated carbocycles. The fourth-order valence-corrected chi connectivity index (χ4v) is 1.69. The molecule has 2 aromatic rings. The van der Waals surface area contributed by atoms with E-state index in [2.05, 4.69) is 25.9 Å². The molecule has 2 N–H and O–H groups in total. The van der Waals surface area contributed by atoms with Crippen molar-refractivity contribution in [2.24, 2.45) is 5.73 Å². The SMILES string of the molecule is Cc1ncccc1Oc1cc(Br)cnc1C(N)=O. The quantitative estimate of drug-likeness (QED) is 0.944. The molecule has 2 rings (SSSR count). The molecule has 0 aliphatic rings. The van der Waals surface area contributed by atoms with Crippen molar-refractivity contribution in [3.8, 4) is 11.5 Å². The number of nitrogens with zero attached hydrogens (tertiary/aromatic N) is 2. The second-order valence-corrected chi connectivity index (χ2v) is 4.47. The summed E-state index contributed by atoms with van der Waals surface area (Å²) in [7, 11) is 0. The fourth-order valence-electron chi connectivity index (χ4n) is 1.38. The molecule has 0 aliphatic carbocycles. The Hall–Kier alpha value is -1.95. The Morgan fingerprint density at radius 1 is 1.39 bits per heavy atom. The van der Waals surface area contributed by atoms with Gasteiger partial charge < -0.3 is 10.5 Å². The Bertz CT molecular complexity index is 602. The molecule has 0 aliphatic heterocycles. The highest BCUT2D eigenvalue weighted by atomic mass is 79.9. The third-order valence-electron chi connectivity index (χ3n) is 2.23. The average Bonchev–Trinajstić information content (AvgIpc) is 2.32. The zero-order chi connectivity index (χ0) is 13.1. The van der Waals surface area contributed by atoms with E-state index in [0.29, 0.717) is 21.7 Å². The van der Waals surface area contributed by atoms with Crippen LogP contribution in [0.1, 0.15) is 16.2 Å². The highest BCUT2D eigenvalue weighted by Crippen LogP contribution is 2.27. The van der Waals surface area contributed by atoms with Crippen molar-refractivity contribution in [1.82, 2.24) is 9.97 Å². The summed E-state index contributed by atoms with van der Waals surface area (Å²) in [5.74, 6) is 0.215. The lowest BCUT2D eigenvalue weighted by atomic mass is 10.3. The van der Waals surface area contributed by atoms with Crippen LogP contribution >= 0.6 is 15.9 Å². The second-order valence-electron chi connectivity index (χ2n) is 3.55. The summed E-state index contributed by atoms with van der Waals surface area (Å²) < 4.78 is 6.32. The average molecular weight is 308 g/mol. The molecule has 2 heterocycles. The zero-order valence-corrected chi connectivity index (χ0v) is 11.1. The first kappa shape index (κ1) is 12.5. The molecule has 0 aromatic carbocycles. The summed E-state index contributed by atoms with van der Waals surface area (Å²) in [6.07, 6.45) is 3.15. The van der Waals surface area contributed by atoms with Crippen molar-refractivity contribution in [3.05, 3.63) is 46.5 Å². The van der Waals surface area contributed by atoms with Crippen LogP contribution in [-0.2, 0) is 0 Å². The molecule has 18 heavy (non-hydrogen) atoms. The maximum Gasteiger partial charge on any atom is 0.271 e. The number of primary amides is 1. The van der Waals surface area contributed by atoms with Crippen LogP contribution in [0.25, 0.3) is 0 Å². The van der Waals surface area contributed by atoms with Gasteiger partial charge in [0.05, 0.1) is 5.69 Å². The number of nitrogens with two attached hydrogens (primary N) is 1. The van der Waals surface area contributed by atoms with Gasteiger partial charge in [-0.1, -0.05) is 0 Å². The van der Waals surface area contributed by atoms with Gasteiger partial charge in [0.25, 0.3) is 5.91 Å².